The Morgan fingerprint density at radius 1 is 1.15 bits per heavy atom. The van der Waals surface area contributed by atoms with Crippen LogP contribution in [0.4, 0.5) is 5.82 Å². The van der Waals surface area contributed by atoms with E-state index < -0.39 is 0 Å². The summed E-state index contributed by atoms with van der Waals surface area (Å²) in [5.74, 6) is 1.55. The average molecular weight is 368 g/mol. The quantitative estimate of drug-likeness (QED) is 0.719. The van der Waals surface area contributed by atoms with Crippen molar-refractivity contribution < 1.29 is 5.11 Å². The molecule has 3 aromatic rings. The molecule has 0 fully saturated rings. The zero-order valence-electron chi connectivity index (χ0n) is 14.1. The van der Waals surface area contributed by atoms with Gasteiger partial charge in [0.05, 0.1) is 23.8 Å². The molecule has 1 aliphatic rings. The first-order valence-corrected chi connectivity index (χ1v) is 8.83. The molecule has 0 saturated carbocycles. The summed E-state index contributed by atoms with van der Waals surface area (Å²) in [5.41, 5.74) is 3.89. The molecular formula is C19H18ClN5O. The van der Waals surface area contributed by atoms with Crippen LogP contribution in [0.2, 0.25) is 0 Å². The molecule has 0 saturated heterocycles. The molecule has 3 heterocycles. The van der Waals surface area contributed by atoms with Crippen LogP contribution in [0, 0.1) is 0 Å². The molecule has 0 atom stereocenters. The van der Waals surface area contributed by atoms with E-state index in [0.29, 0.717) is 6.54 Å². The normalized spacial score (nSPS) is 14.2. The van der Waals surface area contributed by atoms with Crippen LogP contribution in [0.5, 0.6) is 0 Å². The largest absolute Gasteiger partial charge is 0.395 e. The highest BCUT2D eigenvalue weighted by molar-refractivity contribution is 6.29. The van der Waals surface area contributed by atoms with Crippen molar-refractivity contribution in [1.82, 2.24) is 19.5 Å². The van der Waals surface area contributed by atoms with Crippen molar-refractivity contribution in [2.24, 2.45) is 0 Å². The van der Waals surface area contributed by atoms with E-state index in [1.807, 2.05) is 36.5 Å². The number of allylic oxidation sites excluding steroid dienone is 4. The number of hydrogen-bond acceptors (Lipinski definition) is 5. The lowest BCUT2D eigenvalue weighted by molar-refractivity contribution is 0.311. The summed E-state index contributed by atoms with van der Waals surface area (Å²) in [5, 5.41) is 12.8. The number of aromatic nitrogens is 4. The van der Waals surface area contributed by atoms with Crippen molar-refractivity contribution in [1.29, 1.82) is 0 Å². The van der Waals surface area contributed by atoms with E-state index in [-0.39, 0.29) is 6.61 Å². The van der Waals surface area contributed by atoms with Gasteiger partial charge >= 0.3 is 0 Å². The second-order valence-corrected chi connectivity index (χ2v) is 6.47. The second-order valence-electron chi connectivity index (χ2n) is 5.99. The summed E-state index contributed by atoms with van der Waals surface area (Å²) < 4.78 is 2.13. The lowest BCUT2D eigenvalue weighted by Gasteiger charge is -2.16. The van der Waals surface area contributed by atoms with Crippen LogP contribution >= 0.6 is 11.6 Å². The molecule has 3 aromatic heterocycles. The molecule has 0 bridgehead atoms. The monoisotopic (exact) mass is 367 g/mol. The van der Waals surface area contributed by atoms with E-state index in [1.165, 1.54) is 0 Å². The maximum Gasteiger partial charge on any atom is 0.147 e. The number of fused-ring (bicyclic) bond motifs is 1. The number of pyridine rings is 2. The summed E-state index contributed by atoms with van der Waals surface area (Å²) in [6.45, 7) is 0.535. The van der Waals surface area contributed by atoms with Gasteiger partial charge in [-0.05, 0) is 43.2 Å². The summed E-state index contributed by atoms with van der Waals surface area (Å²) in [7, 11) is 0. The van der Waals surface area contributed by atoms with Gasteiger partial charge in [0.25, 0.3) is 0 Å². The first-order chi connectivity index (χ1) is 12.8. The predicted octanol–water partition coefficient (Wildman–Crippen LogP) is 3.65. The molecule has 0 aromatic carbocycles. The van der Waals surface area contributed by atoms with Gasteiger partial charge in [-0.15, -0.1) is 0 Å². The number of imidazole rings is 1. The smallest absolute Gasteiger partial charge is 0.147 e. The van der Waals surface area contributed by atoms with Crippen LogP contribution in [-0.4, -0.2) is 37.8 Å². The van der Waals surface area contributed by atoms with Gasteiger partial charge in [-0.25, -0.2) is 9.97 Å². The Morgan fingerprint density at radius 3 is 2.81 bits per heavy atom. The number of rotatable bonds is 5. The van der Waals surface area contributed by atoms with Gasteiger partial charge in [-0.3, -0.25) is 9.55 Å². The molecule has 7 heteroatoms. The third kappa shape index (κ3) is 3.21. The Morgan fingerprint density at radius 2 is 2.08 bits per heavy atom. The van der Waals surface area contributed by atoms with Crippen LogP contribution in [0.1, 0.15) is 12.8 Å². The highest BCUT2D eigenvalue weighted by Crippen LogP contribution is 2.32. The molecule has 4 rings (SSSR count). The van der Waals surface area contributed by atoms with Crippen molar-refractivity contribution >= 4 is 34.1 Å². The Bertz CT molecular complexity index is 991. The second kappa shape index (κ2) is 7.27. The molecule has 0 radical (unpaired) electrons. The van der Waals surface area contributed by atoms with Crippen molar-refractivity contribution in [3.05, 3.63) is 54.0 Å². The molecular weight excluding hydrogens is 350 g/mol. The van der Waals surface area contributed by atoms with E-state index in [9.17, 15) is 0 Å². The highest BCUT2D eigenvalue weighted by Gasteiger charge is 2.17. The lowest BCUT2D eigenvalue weighted by Crippen LogP contribution is -2.07. The number of aliphatic hydroxyl groups is 1. The summed E-state index contributed by atoms with van der Waals surface area (Å²) in [6, 6.07) is 5.77. The van der Waals surface area contributed by atoms with Gasteiger partial charge in [-0.2, -0.15) is 0 Å². The Kier molecular flexibility index (Phi) is 4.69. The number of nitrogens with zero attached hydrogens (tertiary/aromatic N) is 4. The molecule has 0 aliphatic heterocycles. The number of hydrogen-bond donors (Lipinski definition) is 2. The average Bonchev–Trinajstić information content (AvgIpc) is 3.07. The molecule has 132 valence electrons. The Balaban J connectivity index is 1.81. The van der Waals surface area contributed by atoms with Gasteiger partial charge in [0.1, 0.15) is 11.6 Å². The van der Waals surface area contributed by atoms with E-state index in [1.54, 1.807) is 12.4 Å². The van der Waals surface area contributed by atoms with Gasteiger partial charge in [0.2, 0.25) is 0 Å². The topological polar surface area (TPSA) is 75.9 Å². The van der Waals surface area contributed by atoms with E-state index in [4.69, 9.17) is 21.7 Å². The molecule has 0 unspecified atom stereocenters. The van der Waals surface area contributed by atoms with Gasteiger partial charge in [0, 0.05) is 35.2 Å². The first-order valence-electron chi connectivity index (χ1n) is 8.45. The minimum atomic E-state index is 0.0659. The fourth-order valence-corrected chi connectivity index (χ4v) is 3.17. The molecule has 6 nitrogen and oxygen atoms in total. The van der Waals surface area contributed by atoms with Crippen molar-refractivity contribution in [3.8, 4) is 11.4 Å². The summed E-state index contributed by atoms with van der Waals surface area (Å²) >= 11 is 6.12. The van der Waals surface area contributed by atoms with E-state index >= 15 is 0 Å². The van der Waals surface area contributed by atoms with Gasteiger partial charge in [0.15, 0.2) is 0 Å². The number of anilines is 1. The fourth-order valence-electron chi connectivity index (χ4n) is 3.01. The first kappa shape index (κ1) is 16.8. The minimum absolute atomic E-state index is 0.0659. The van der Waals surface area contributed by atoms with Gasteiger partial charge < -0.3 is 10.4 Å². The SMILES string of the molecule is OCCNc1ccc(-c2nc3ccncc3n2C2=CC=C(Cl)CC2)cn1. The number of nitrogens with one attached hydrogen (secondary N) is 1. The Hall–Kier alpha value is -2.70. The molecule has 0 amide bonds. The summed E-state index contributed by atoms with van der Waals surface area (Å²) in [6.07, 6.45) is 11.0. The molecule has 2 N–H and O–H groups in total. The molecule has 0 spiro atoms. The van der Waals surface area contributed by atoms with E-state index in [2.05, 4.69) is 19.9 Å². The van der Waals surface area contributed by atoms with Gasteiger partial charge in [-0.1, -0.05) is 11.6 Å². The zero-order chi connectivity index (χ0) is 17.9. The van der Waals surface area contributed by atoms with Crippen molar-refractivity contribution in [2.45, 2.75) is 12.8 Å². The van der Waals surface area contributed by atoms with Crippen LogP contribution in [0.15, 0.2) is 54.0 Å². The summed E-state index contributed by atoms with van der Waals surface area (Å²) in [4.78, 5) is 13.5. The fraction of sp³-hybridized carbons (Fsp3) is 0.211. The van der Waals surface area contributed by atoms with Crippen LogP contribution in [0.25, 0.3) is 28.1 Å². The number of halogens is 1. The van der Waals surface area contributed by atoms with E-state index in [0.717, 1.165) is 51.8 Å². The molecule has 26 heavy (non-hydrogen) atoms. The van der Waals surface area contributed by atoms with Crippen molar-refractivity contribution in [3.63, 3.8) is 0 Å². The predicted molar refractivity (Wildman–Crippen MR) is 104 cm³/mol. The maximum absolute atomic E-state index is 8.91. The third-order valence-corrected chi connectivity index (χ3v) is 4.58. The van der Waals surface area contributed by atoms with Crippen molar-refractivity contribution in [2.75, 3.05) is 18.5 Å². The van der Waals surface area contributed by atoms with Crippen LogP contribution < -0.4 is 5.32 Å². The lowest BCUT2D eigenvalue weighted by atomic mass is 10.1. The highest BCUT2D eigenvalue weighted by atomic mass is 35.5. The zero-order valence-corrected chi connectivity index (χ0v) is 14.8. The van der Waals surface area contributed by atoms with Crippen LogP contribution in [0.3, 0.4) is 0 Å². The third-order valence-electron chi connectivity index (χ3n) is 4.26. The maximum atomic E-state index is 8.91. The van der Waals surface area contributed by atoms with Crippen LogP contribution in [-0.2, 0) is 0 Å². The number of aliphatic hydroxyl groups excluding tert-OH is 1. The Labute approximate surface area is 155 Å². The molecule has 1 aliphatic carbocycles. The minimum Gasteiger partial charge on any atom is -0.395 e. The standard InChI is InChI=1S/C19H18ClN5O/c20-14-2-4-15(5-3-14)25-17-12-21-8-7-16(17)24-19(25)13-1-6-18(23-11-13)22-9-10-26/h1-2,4,6-8,11-12,26H,3,5,9-10H2,(H,22,23).